The van der Waals surface area contributed by atoms with Crippen LogP contribution in [0.1, 0.15) is 18.0 Å². The fraction of sp³-hybridized carbons (Fsp3) is 0.556. The zero-order chi connectivity index (χ0) is 11.6. The number of nitrogens with zero attached hydrogens (tertiary/aromatic N) is 2. The Morgan fingerprint density at radius 2 is 2.20 bits per heavy atom. The average Bonchev–Trinajstić information content (AvgIpc) is 2.42. The molecule has 6 nitrogen and oxygen atoms in total. The van der Waals surface area contributed by atoms with E-state index in [1.807, 2.05) is 0 Å². The SMILES string of the molecule is Cn1cc(C(CN)CC(=O)O)n(C)c1=O. The Bertz CT molecular complexity index is 419. The summed E-state index contributed by atoms with van der Waals surface area (Å²) in [7, 11) is 3.24. The molecular weight excluding hydrogens is 198 g/mol. The lowest BCUT2D eigenvalue weighted by Crippen LogP contribution is -2.23. The molecule has 0 fully saturated rings. The molecular formula is C9H15N3O3. The second-order valence-corrected chi connectivity index (χ2v) is 3.54. The van der Waals surface area contributed by atoms with Gasteiger partial charge in [0.15, 0.2) is 0 Å². The molecule has 0 aliphatic heterocycles. The van der Waals surface area contributed by atoms with E-state index in [4.69, 9.17) is 10.8 Å². The van der Waals surface area contributed by atoms with E-state index in [0.29, 0.717) is 5.69 Å². The van der Waals surface area contributed by atoms with E-state index >= 15 is 0 Å². The summed E-state index contributed by atoms with van der Waals surface area (Å²) in [4.78, 5) is 22.0. The fourth-order valence-electron chi connectivity index (χ4n) is 1.59. The molecule has 6 heteroatoms. The lowest BCUT2D eigenvalue weighted by Gasteiger charge is -2.11. The molecule has 84 valence electrons. The maximum absolute atomic E-state index is 11.4. The van der Waals surface area contributed by atoms with Gasteiger partial charge in [-0.3, -0.25) is 9.36 Å². The van der Waals surface area contributed by atoms with Gasteiger partial charge in [-0.05, 0) is 0 Å². The van der Waals surface area contributed by atoms with E-state index in [2.05, 4.69) is 0 Å². The molecule has 0 aliphatic carbocycles. The molecule has 0 saturated carbocycles. The van der Waals surface area contributed by atoms with Gasteiger partial charge < -0.3 is 15.4 Å². The molecule has 1 atom stereocenters. The van der Waals surface area contributed by atoms with Gasteiger partial charge in [-0.2, -0.15) is 0 Å². The van der Waals surface area contributed by atoms with Gasteiger partial charge in [0.05, 0.1) is 6.42 Å². The van der Waals surface area contributed by atoms with Crippen LogP contribution in [0.4, 0.5) is 0 Å². The Morgan fingerprint density at radius 1 is 1.60 bits per heavy atom. The van der Waals surface area contributed by atoms with Crippen LogP contribution in [-0.4, -0.2) is 26.8 Å². The number of carboxylic acid groups (broad SMARTS) is 1. The first-order valence-corrected chi connectivity index (χ1v) is 4.61. The standard InChI is InChI=1S/C9H15N3O3/c1-11-5-7(12(2)9(11)15)6(4-10)3-8(13)14/h5-6H,3-4,10H2,1-2H3,(H,13,14). The van der Waals surface area contributed by atoms with Crippen molar-refractivity contribution in [1.29, 1.82) is 0 Å². The minimum atomic E-state index is -0.915. The van der Waals surface area contributed by atoms with Crippen LogP contribution in [0.5, 0.6) is 0 Å². The predicted molar refractivity (Wildman–Crippen MR) is 54.7 cm³/mol. The van der Waals surface area contributed by atoms with Crippen LogP contribution in [0.3, 0.4) is 0 Å². The van der Waals surface area contributed by atoms with Crippen molar-refractivity contribution in [2.45, 2.75) is 12.3 Å². The van der Waals surface area contributed by atoms with Crippen LogP contribution in [0.15, 0.2) is 11.0 Å². The van der Waals surface area contributed by atoms with Gasteiger partial charge in [-0.25, -0.2) is 4.79 Å². The van der Waals surface area contributed by atoms with Crippen LogP contribution >= 0.6 is 0 Å². The van der Waals surface area contributed by atoms with Crippen LogP contribution < -0.4 is 11.4 Å². The zero-order valence-corrected chi connectivity index (χ0v) is 8.80. The number of rotatable bonds is 4. The summed E-state index contributed by atoms with van der Waals surface area (Å²) in [5, 5.41) is 8.69. The molecule has 0 aromatic carbocycles. The first-order valence-electron chi connectivity index (χ1n) is 4.61. The molecule has 1 heterocycles. The fourth-order valence-corrected chi connectivity index (χ4v) is 1.59. The number of nitrogens with two attached hydrogens (primary N) is 1. The van der Waals surface area contributed by atoms with Gasteiger partial charge in [0, 0.05) is 38.4 Å². The summed E-state index contributed by atoms with van der Waals surface area (Å²) in [6, 6.07) is 0. The number of carboxylic acids is 1. The van der Waals surface area contributed by atoms with Crippen molar-refractivity contribution in [3.63, 3.8) is 0 Å². The summed E-state index contributed by atoms with van der Waals surface area (Å²) in [6.45, 7) is 0.212. The van der Waals surface area contributed by atoms with Gasteiger partial charge in [-0.15, -0.1) is 0 Å². The van der Waals surface area contributed by atoms with Gasteiger partial charge >= 0.3 is 11.7 Å². The quantitative estimate of drug-likeness (QED) is 0.688. The number of hydrogen-bond donors (Lipinski definition) is 2. The summed E-state index contributed by atoms with van der Waals surface area (Å²) >= 11 is 0. The van der Waals surface area contributed by atoms with E-state index in [1.165, 1.54) is 9.13 Å². The third kappa shape index (κ3) is 2.27. The summed E-state index contributed by atoms with van der Waals surface area (Å²) < 4.78 is 2.85. The van der Waals surface area contributed by atoms with Crippen molar-refractivity contribution >= 4 is 5.97 Å². The molecule has 15 heavy (non-hydrogen) atoms. The first kappa shape index (κ1) is 11.5. The van der Waals surface area contributed by atoms with Crippen LogP contribution in [0, 0.1) is 0 Å². The van der Waals surface area contributed by atoms with E-state index in [1.54, 1.807) is 20.3 Å². The number of carbonyl (C=O) groups is 1. The molecule has 3 N–H and O–H groups in total. The van der Waals surface area contributed by atoms with Crippen molar-refractivity contribution in [1.82, 2.24) is 9.13 Å². The maximum Gasteiger partial charge on any atom is 0.327 e. The molecule has 1 rings (SSSR count). The highest BCUT2D eigenvalue weighted by atomic mass is 16.4. The van der Waals surface area contributed by atoms with Crippen LogP contribution in [0.2, 0.25) is 0 Å². The zero-order valence-electron chi connectivity index (χ0n) is 8.80. The van der Waals surface area contributed by atoms with Crippen LogP contribution in [0.25, 0.3) is 0 Å². The molecule has 0 amide bonds. The van der Waals surface area contributed by atoms with E-state index in [9.17, 15) is 9.59 Å². The summed E-state index contributed by atoms with van der Waals surface area (Å²) in [6.07, 6.45) is 1.57. The second kappa shape index (κ2) is 4.31. The van der Waals surface area contributed by atoms with Crippen LogP contribution in [-0.2, 0) is 18.9 Å². The average molecular weight is 213 g/mol. The molecule has 0 bridgehead atoms. The van der Waals surface area contributed by atoms with E-state index < -0.39 is 5.97 Å². The highest BCUT2D eigenvalue weighted by Crippen LogP contribution is 2.16. The van der Waals surface area contributed by atoms with Crippen molar-refractivity contribution in [2.75, 3.05) is 6.54 Å². The number of aliphatic carboxylic acids is 1. The minimum Gasteiger partial charge on any atom is -0.481 e. The Hall–Kier alpha value is -1.56. The summed E-state index contributed by atoms with van der Waals surface area (Å²) in [5.74, 6) is -1.23. The minimum absolute atomic E-state index is 0.0617. The normalized spacial score (nSPS) is 12.7. The molecule has 1 aromatic rings. The number of aromatic nitrogens is 2. The molecule has 0 radical (unpaired) electrons. The number of aryl methyl sites for hydroxylation is 1. The molecule has 0 aliphatic rings. The largest absolute Gasteiger partial charge is 0.481 e. The van der Waals surface area contributed by atoms with Crippen molar-refractivity contribution < 1.29 is 9.90 Å². The van der Waals surface area contributed by atoms with Crippen molar-refractivity contribution in [3.8, 4) is 0 Å². The smallest absolute Gasteiger partial charge is 0.327 e. The lowest BCUT2D eigenvalue weighted by atomic mass is 10.0. The Labute approximate surface area is 86.9 Å². The second-order valence-electron chi connectivity index (χ2n) is 3.54. The highest BCUT2D eigenvalue weighted by Gasteiger charge is 2.18. The molecule has 0 spiro atoms. The third-order valence-electron chi connectivity index (χ3n) is 2.43. The number of hydrogen-bond acceptors (Lipinski definition) is 3. The number of imidazole rings is 1. The van der Waals surface area contributed by atoms with Gasteiger partial charge in [0.2, 0.25) is 0 Å². The Morgan fingerprint density at radius 3 is 2.53 bits per heavy atom. The molecule has 1 unspecified atom stereocenters. The van der Waals surface area contributed by atoms with E-state index in [0.717, 1.165) is 0 Å². The van der Waals surface area contributed by atoms with Gasteiger partial charge in [-0.1, -0.05) is 0 Å². The summed E-state index contributed by atoms with van der Waals surface area (Å²) in [5.41, 5.74) is 5.98. The molecule has 0 saturated heterocycles. The van der Waals surface area contributed by atoms with Crippen molar-refractivity contribution in [2.24, 2.45) is 19.8 Å². The Balaban J connectivity index is 3.07. The first-order chi connectivity index (χ1) is 6.97. The third-order valence-corrected chi connectivity index (χ3v) is 2.43. The Kier molecular flexibility index (Phi) is 3.31. The van der Waals surface area contributed by atoms with Crippen molar-refractivity contribution in [3.05, 3.63) is 22.4 Å². The monoisotopic (exact) mass is 213 g/mol. The molecule has 1 aromatic heterocycles. The topological polar surface area (TPSA) is 90.2 Å². The van der Waals surface area contributed by atoms with Gasteiger partial charge in [0.25, 0.3) is 0 Å². The highest BCUT2D eigenvalue weighted by molar-refractivity contribution is 5.67. The van der Waals surface area contributed by atoms with Gasteiger partial charge in [0.1, 0.15) is 0 Å². The lowest BCUT2D eigenvalue weighted by molar-refractivity contribution is -0.137. The van der Waals surface area contributed by atoms with E-state index in [-0.39, 0.29) is 24.6 Å². The predicted octanol–water partition coefficient (Wildman–Crippen LogP) is -0.759. The maximum atomic E-state index is 11.4.